The van der Waals surface area contributed by atoms with Gasteiger partial charge < -0.3 is 5.32 Å². The first-order chi connectivity index (χ1) is 8.70. The summed E-state index contributed by atoms with van der Waals surface area (Å²) in [6, 6.07) is 10.3. The number of para-hydroxylation sites is 1. The molecule has 0 radical (unpaired) electrons. The fourth-order valence-electron chi connectivity index (χ4n) is 2.03. The molecule has 0 aliphatic rings. The summed E-state index contributed by atoms with van der Waals surface area (Å²) in [6.07, 6.45) is 1.04. The normalized spacial score (nSPS) is 12.6. The molecular weight excluding hydrogens is 244 g/mol. The van der Waals surface area contributed by atoms with Gasteiger partial charge in [0.2, 0.25) is 0 Å². The zero-order valence-electron chi connectivity index (χ0n) is 10.9. The van der Waals surface area contributed by atoms with Crippen LogP contribution in [0.25, 0.3) is 10.9 Å². The van der Waals surface area contributed by atoms with Crippen LogP contribution in [0.1, 0.15) is 19.0 Å². The van der Waals surface area contributed by atoms with Crippen LogP contribution < -0.4 is 5.32 Å². The highest BCUT2D eigenvalue weighted by Crippen LogP contribution is 2.23. The Kier molecular flexibility index (Phi) is 4.43. The molecule has 0 fully saturated rings. The van der Waals surface area contributed by atoms with Gasteiger partial charge in [-0.3, -0.25) is 4.98 Å². The van der Waals surface area contributed by atoms with E-state index >= 15 is 0 Å². The van der Waals surface area contributed by atoms with Crippen molar-refractivity contribution in [3.8, 4) is 0 Å². The summed E-state index contributed by atoms with van der Waals surface area (Å²) >= 11 is 5.76. The molecular formula is C15H19ClN2. The summed E-state index contributed by atoms with van der Waals surface area (Å²) in [5.74, 6) is 1.30. The van der Waals surface area contributed by atoms with E-state index in [-0.39, 0.29) is 0 Å². The van der Waals surface area contributed by atoms with Crippen LogP contribution in [-0.4, -0.2) is 17.4 Å². The average molecular weight is 263 g/mol. The van der Waals surface area contributed by atoms with Gasteiger partial charge in [0.25, 0.3) is 0 Å². The number of nitrogens with one attached hydrogen (secondary N) is 1. The minimum absolute atomic E-state index is 0.578. The first-order valence-electron chi connectivity index (χ1n) is 6.37. The van der Waals surface area contributed by atoms with Gasteiger partial charge in [0, 0.05) is 29.2 Å². The first kappa shape index (κ1) is 13.2. The molecule has 0 saturated heterocycles. The summed E-state index contributed by atoms with van der Waals surface area (Å²) in [4.78, 5) is 4.54. The predicted octanol–water partition coefficient (Wildman–Crippen LogP) is 4.22. The number of benzene rings is 1. The molecule has 2 rings (SSSR count). The maximum absolute atomic E-state index is 5.76. The number of halogens is 1. The number of pyridine rings is 1. The zero-order chi connectivity index (χ0) is 13.0. The van der Waals surface area contributed by atoms with Gasteiger partial charge in [-0.1, -0.05) is 25.1 Å². The van der Waals surface area contributed by atoms with Crippen molar-refractivity contribution in [1.82, 2.24) is 4.98 Å². The van der Waals surface area contributed by atoms with E-state index in [1.807, 2.05) is 19.1 Å². The van der Waals surface area contributed by atoms with Gasteiger partial charge in [0.05, 0.1) is 5.52 Å². The lowest BCUT2D eigenvalue weighted by Gasteiger charge is -2.14. The maximum Gasteiger partial charge on any atom is 0.0725 e. The second-order valence-electron chi connectivity index (χ2n) is 4.79. The zero-order valence-corrected chi connectivity index (χ0v) is 11.7. The third-order valence-corrected chi connectivity index (χ3v) is 3.31. The molecule has 3 heteroatoms. The SMILES string of the molecule is Cc1cc(NCC(C)CCCl)c2ccccc2n1. The Morgan fingerprint density at radius 1 is 1.33 bits per heavy atom. The molecule has 96 valence electrons. The second kappa shape index (κ2) is 6.05. The van der Waals surface area contributed by atoms with E-state index in [2.05, 4.69) is 35.4 Å². The van der Waals surface area contributed by atoms with Gasteiger partial charge in [-0.05, 0) is 31.4 Å². The van der Waals surface area contributed by atoms with E-state index in [1.54, 1.807) is 0 Å². The Labute approximate surface area is 113 Å². The van der Waals surface area contributed by atoms with Crippen LogP contribution in [0.3, 0.4) is 0 Å². The lowest BCUT2D eigenvalue weighted by molar-refractivity contribution is 0.597. The van der Waals surface area contributed by atoms with Gasteiger partial charge in [-0.2, -0.15) is 0 Å². The van der Waals surface area contributed by atoms with Gasteiger partial charge in [-0.25, -0.2) is 0 Å². The molecule has 2 aromatic rings. The fraction of sp³-hybridized carbons (Fsp3) is 0.400. The molecule has 1 aromatic carbocycles. The van der Waals surface area contributed by atoms with Crippen molar-refractivity contribution in [2.24, 2.45) is 5.92 Å². The Morgan fingerprint density at radius 2 is 2.11 bits per heavy atom. The Bertz CT molecular complexity index is 525. The van der Waals surface area contributed by atoms with Crippen LogP contribution in [0.2, 0.25) is 0 Å². The Balaban J connectivity index is 2.21. The number of alkyl halides is 1. The van der Waals surface area contributed by atoms with E-state index in [0.717, 1.165) is 30.1 Å². The monoisotopic (exact) mass is 262 g/mol. The van der Waals surface area contributed by atoms with Crippen LogP contribution >= 0.6 is 11.6 Å². The van der Waals surface area contributed by atoms with Crippen LogP contribution in [0.15, 0.2) is 30.3 Å². The lowest BCUT2D eigenvalue weighted by Crippen LogP contribution is -2.12. The van der Waals surface area contributed by atoms with Crippen molar-refractivity contribution >= 4 is 28.2 Å². The molecule has 1 heterocycles. The molecule has 1 N–H and O–H groups in total. The summed E-state index contributed by atoms with van der Waals surface area (Å²) in [6.45, 7) is 5.19. The van der Waals surface area contributed by atoms with E-state index < -0.39 is 0 Å². The van der Waals surface area contributed by atoms with Gasteiger partial charge in [0.15, 0.2) is 0 Å². The fourth-order valence-corrected chi connectivity index (χ4v) is 2.40. The predicted molar refractivity (Wildman–Crippen MR) is 79.5 cm³/mol. The highest BCUT2D eigenvalue weighted by atomic mass is 35.5. The Hall–Kier alpha value is -1.28. The molecule has 1 unspecified atom stereocenters. The van der Waals surface area contributed by atoms with Crippen molar-refractivity contribution in [3.63, 3.8) is 0 Å². The van der Waals surface area contributed by atoms with Crippen LogP contribution in [-0.2, 0) is 0 Å². The molecule has 1 aromatic heterocycles. The largest absolute Gasteiger partial charge is 0.384 e. The van der Waals surface area contributed by atoms with E-state index in [9.17, 15) is 0 Å². The summed E-state index contributed by atoms with van der Waals surface area (Å²) in [7, 11) is 0. The van der Waals surface area contributed by atoms with Crippen LogP contribution in [0.5, 0.6) is 0 Å². The third kappa shape index (κ3) is 3.14. The third-order valence-electron chi connectivity index (χ3n) is 3.09. The molecule has 1 atom stereocenters. The topological polar surface area (TPSA) is 24.9 Å². The molecule has 0 spiro atoms. The first-order valence-corrected chi connectivity index (χ1v) is 6.90. The van der Waals surface area contributed by atoms with Crippen molar-refractivity contribution in [1.29, 1.82) is 0 Å². The van der Waals surface area contributed by atoms with Gasteiger partial charge in [0.1, 0.15) is 0 Å². The maximum atomic E-state index is 5.76. The average Bonchev–Trinajstić information content (AvgIpc) is 2.36. The molecule has 0 bridgehead atoms. The van der Waals surface area contributed by atoms with Gasteiger partial charge in [-0.15, -0.1) is 11.6 Å². The van der Waals surface area contributed by atoms with E-state index in [1.165, 1.54) is 11.1 Å². The van der Waals surface area contributed by atoms with E-state index in [0.29, 0.717) is 5.92 Å². The standard InChI is InChI=1S/C15H19ClN2/c1-11(7-8-16)10-17-15-9-12(2)18-14-6-4-3-5-13(14)15/h3-6,9,11H,7-8,10H2,1-2H3,(H,17,18). The number of anilines is 1. The van der Waals surface area contributed by atoms with Crippen molar-refractivity contribution < 1.29 is 0 Å². The number of rotatable bonds is 5. The van der Waals surface area contributed by atoms with E-state index in [4.69, 9.17) is 11.6 Å². The number of hydrogen-bond donors (Lipinski definition) is 1. The molecule has 2 nitrogen and oxygen atoms in total. The van der Waals surface area contributed by atoms with Crippen LogP contribution in [0.4, 0.5) is 5.69 Å². The minimum atomic E-state index is 0.578. The van der Waals surface area contributed by atoms with Crippen molar-refractivity contribution in [3.05, 3.63) is 36.0 Å². The number of fused-ring (bicyclic) bond motifs is 1. The number of aromatic nitrogens is 1. The highest BCUT2D eigenvalue weighted by Gasteiger charge is 2.05. The molecule has 18 heavy (non-hydrogen) atoms. The smallest absolute Gasteiger partial charge is 0.0725 e. The molecule has 0 amide bonds. The molecule has 0 saturated carbocycles. The highest BCUT2D eigenvalue weighted by molar-refractivity contribution is 6.17. The summed E-state index contributed by atoms with van der Waals surface area (Å²) in [5, 5.41) is 4.70. The van der Waals surface area contributed by atoms with Gasteiger partial charge >= 0.3 is 0 Å². The number of nitrogens with zero attached hydrogens (tertiary/aromatic N) is 1. The van der Waals surface area contributed by atoms with Crippen molar-refractivity contribution in [2.75, 3.05) is 17.7 Å². The van der Waals surface area contributed by atoms with Crippen LogP contribution in [0, 0.1) is 12.8 Å². The van der Waals surface area contributed by atoms with Crippen molar-refractivity contribution in [2.45, 2.75) is 20.3 Å². The lowest BCUT2D eigenvalue weighted by atomic mass is 10.1. The molecule has 0 aliphatic heterocycles. The summed E-state index contributed by atoms with van der Waals surface area (Å²) < 4.78 is 0. The second-order valence-corrected chi connectivity index (χ2v) is 5.17. The Morgan fingerprint density at radius 3 is 2.89 bits per heavy atom. The minimum Gasteiger partial charge on any atom is -0.384 e. The molecule has 0 aliphatic carbocycles. The summed E-state index contributed by atoms with van der Waals surface area (Å²) in [5.41, 5.74) is 3.26. The quantitative estimate of drug-likeness (QED) is 0.816. The number of hydrogen-bond acceptors (Lipinski definition) is 2. The number of aryl methyl sites for hydroxylation is 1.